The van der Waals surface area contributed by atoms with Crippen molar-refractivity contribution in [3.63, 3.8) is 0 Å². The average molecular weight is 376 g/mol. The molecule has 0 N–H and O–H groups in total. The van der Waals surface area contributed by atoms with Crippen LogP contribution in [0.25, 0.3) is 10.9 Å². The van der Waals surface area contributed by atoms with Crippen LogP contribution >= 0.6 is 0 Å². The zero-order valence-electron chi connectivity index (χ0n) is 16.1. The number of fused-ring (bicyclic) bond motifs is 1. The zero-order chi connectivity index (χ0) is 18.9. The number of aromatic nitrogens is 5. The van der Waals surface area contributed by atoms with Gasteiger partial charge in [-0.1, -0.05) is 24.6 Å². The Balaban J connectivity index is 1.36. The van der Waals surface area contributed by atoms with Gasteiger partial charge in [-0.25, -0.2) is 0 Å². The number of nitrogens with zero attached hydrogens (tertiary/aromatic N) is 6. The molecule has 7 nitrogen and oxygen atoms in total. The number of likely N-dealkylation sites (tertiary alicyclic amines) is 1. The lowest BCUT2D eigenvalue weighted by molar-refractivity contribution is 0.0718. The summed E-state index contributed by atoms with van der Waals surface area (Å²) in [5.41, 5.74) is 1.73. The van der Waals surface area contributed by atoms with Gasteiger partial charge in [0.2, 0.25) is 0 Å². The van der Waals surface area contributed by atoms with Crippen molar-refractivity contribution >= 4 is 16.8 Å². The van der Waals surface area contributed by atoms with Crippen LogP contribution in [0, 0.1) is 5.41 Å². The lowest BCUT2D eigenvalue weighted by Gasteiger charge is -2.42. The summed E-state index contributed by atoms with van der Waals surface area (Å²) < 4.78 is 4.08. The van der Waals surface area contributed by atoms with E-state index >= 15 is 0 Å². The molecule has 144 valence electrons. The first-order chi connectivity index (χ1) is 13.7. The summed E-state index contributed by atoms with van der Waals surface area (Å²) in [6.45, 7) is 1.52. The van der Waals surface area contributed by atoms with E-state index in [-0.39, 0.29) is 17.2 Å². The third-order valence-electron chi connectivity index (χ3n) is 7.10. The van der Waals surface area contributed by atoms with Gasteiger partial charge in [0.05, 0.1) is 5.52 Å². The van der Waals surface area contributed by atoms with E-state index in [1.54, 1.807) is 4.68 Å². The first kappa shape index (κ1) is 16.3. The molecule has 0 radical (unpaired) electrons. The molecule has 3 aromatic rings. The average Bonchev–Trinajstić information content (AvgIpc) is 3.14. The highest BCUT2D eigenvalue weighted by Crippen LogP contribution is 2.56. The predicted molar refractivity (Wildman–Crippen MR) is 104 cm³/mol. The molecule has 7 heteroatoms. The molecule has 1 atom stereocenters. The maximum absolute atomic E-state index is 13.5. The number of hydrogen-bond acceptors (Lipinski definition) is 4. The van der Waals surface area contributed by atoms with Crippen LogP contribution in [0.4, 0.5) is 0 Å². The van der Waals surface area contributed by atoms with Crippen LogP contribution in [0.1, 0.15) is 60.4 Å². The standard InChI is InChI=1S/C21H24N6O/c1-25-17-6-3-2-5-15(17)18(24-25)20(28)26-11-16(21(12-26)9-4-10-21)19-23-22-13-27(19)14-7-8-14/h2-3,5-6,13-14,16H,4,7-12H2,1H3. The maximum Gasteiger partial charge on any atom is 0.275 e. The summed E-state index contributed by atoms with van der Waals surface area (Å²) in [6, 6.07) is 8.52. The van der Waals surface area contributed by atoms with Gasteiger partial charge in [-0.2, -0.15) is 5.10 Å². The fourth-order valence-electron chi connectivity index (χ4n) is 5.27. The van der Waals surface area contributed by atoms with Crippen LogP contribution < -0.4 is 0 Å². The van der Waals surface area contributed by atoms with Crippen molar-refractivity contribution < 1.29 is 4.79 Å². The van der Waals surface area contributed by atoms with Gasteiger partial charge in [-0.3, -0.25) is 9.48 Å². The van der Waals surface area contributed by atoms with Crippen LogP contribution in [0.5, 0.6) is 0 Å². The van der Waals surface area contributed by atoms with Gasteiger partial charge in [0.1, 0.15) is 12.2 Å². The highest BCUT2D eigenvalue weighted by molar-refractivity contribution is 6.05. The second kappa shape index (κ2) is 5.65. The quantitative estimate of drug-likeness (QED) is 0.705. The van der Waals surface area contributed by atoms with E-state index in [4.69, 9.17) is 0 Å². The molecule has 6 rings (SSSR count). The van der Waals surface area contributed by atoms with E-state index in [0.717, 1.165) is 29.8 Å². The molecule has 1 aromatic carbocycles. The van der Waals surface area contributed by atoms with Gasteiger partial charge in [0.15, 0.2) is 5.69 Å². The number of benzene rings is 1. The van der Waals surface area contributed by atoms with Crippen LogP contribution in [-0.4, -0.2) is 48.4 Å². The summed E-state index contributed by atoms with van der Waals surface area (Å²) in [5.74, 6) is 1.41. The monoisotopic (exact) mass is 376 g/mol. The van der Waals surface area contributed by atoms with Crippen molar-refractivity contribution in [1.82, 2.24) is 29.4 Å². The number of aryl methyl sites for hydroxylation is 1. The second-order valence-electron chi connectivity index (χ2n) is 8.77. The Hall–Kier alpha value is -2.70. The minimum atomic E-state index is 0.0445. The summed E-state index contributed by atoms with van der Waals surface area (Å²) in [4.78, 5) is 15.5. The van der Waals surface area contributed by atoms with Gasteiger partial charge in [0, 0.05) is 37.5 Å². The molecule has 3 heterocycles. The fraction of sp³-hybridized carbons (Fsp3) is 0.524. The Morgan fingerprint density at radius 1 is 1.21 bits per heavy atom. The minimum absolute atomic E-state index is 0.0445. The highest BCUT2D eigenvalue weighted by Gasteiger charge is 2.54. The Bertz CT molecular complexity index is 1070. The Kier molecular flexibility index (Phi) is 3.29. The summed E-state index contributed by atoms with van der Waals surface area (Å²) >= 11 is 0. The van der Waals surface area contributed by atoms with E-state index in [2.05, 4.69) is 19.9 Å². The highest BCUT2D eigenvalue weighted by atomic mass is 16.2. The number of carbonyl (C=O) groups excluding carboxylic acids is 1. The maximum atomic E-state index is 13.5. The first-order valence-electron chi connectivity index (χ1n) is 10.3. The number of para-hydroxylation sites is 1. The zero-order valence-corrected chi connectivity index (χ0v) is 16.1. The van der Waals surface area contributed by atoms with E-state index in [9.17, 15) is 4.79 Å². The normalized spacial score (nSPS) is 23.5. The molecule has 1 spiro atoms. The number of rotatable bonds is 3. The molecule has 2 aromatic heterocycles. The molecule has 2 saturated carbocycles. The summed E-state index contributed by atoms with van der Waals surface area (Å²) in [7, 11) is 1.90. The molecule has 28 heavy (non-hydrogen) atoms. The van der Waals surface area contributed by atoms with Crippen molar-refractivity contribution in [3.8, 4) is 0 Å². The van der Waals surface area contributed by atoms with Crippen LogP contribution in [0.15, 0.2) is 30.6 Å². The number of hydrogen-bond donors (Lipinski definition) is 0. The lowest BCUT2D eigenvalue weighted by Crippen LogP contribution is -2.38. The molecule has 1 saturated heterocycles. The van der Waals surface area contributed by atoms with Crippen LogP contribution in [0.3, 0.4) is 0 Å². The van der Waals surface area contributed by atoms with Crippen molar-refractivity contribution in [2.75, 3.05) is 13.1 Å². The Morgan fingerprint density at radius 3 is 2.79 bits per heavy atom. The van der Waals surface area contributed by atoms with Gasteiger partial charge in [-0.05, 0) is 37.2 Å². The molecule has 1 aliphatic heterocycles. The lowest BCUT2D eigenvalue weighted by atomic mass is 9.62. The topological polar surface area (TPSA) is 68.8 Å². The SMILES string of the molecule is Cn1nc(C(=O)N2CC(c3nncn3C3CC3)C3(CCC3)C2)c2ccccc21. The molecular weight excluding hydrogens is 352 g/mol. The van der Waals surface area contributed by atoms with Crippen molar-refractivity contribution in [2.24, 2.45) is 12.5 Å². The number of amides is 1. The number of carbonyl (C=O) groups is 1. The fourth-order valence-corrected chi connectivity index (χ4v) is 5.27. The smallest absolute Gasteiger partial charge is 0.275 e. The van der Waals surface area contributed by atoms with E-state index in [1.807, 2.05) is 42.5 Å². The van der Waals surface area contributed by atoms with Gasteiger partial charge in [0.25, 0.3) is 5.91 Å². The van der Waals surface area contributed by atoms with E-state index < -0.39 is 0 Å². The van der Waals surface area contributed by atoms with Gasteiger partial charge < -0.3 is 9.47 Å². The molecule has 1 amide bonds. The van der Waals surface area contributed by atoms with Crippen molar-refractivity contribution in [3.05, 3.63) is 42.1 Å². The predicted octanol–water partition coefficient (Wildman–Crippen LogP) is 2.91. The third kappa shape index (κ3) is 2.22. The molecule has 2 aliphatic carbocycles. The molecule has 1 unspecified atom stereocenters. The second-order valence-corrected chi connectivity index (χ2v) is 8.77. The van der Waals surface area contributed by atoms with Crippen molar-refractivity contribution in [2.45, 2.75) is 44.1 Å². The molecule has 0 bridgehead atoms. The minimum Gasteiger partial charge on any atom is -0.336 e. The molecule has 3 aliphatic rings. The van der Waals surface area contributed by atoms with Gasteiger partial charge in [-0.15, -0.1) is 10.2 Å². The molecule has 3 fully saturated rings. The Labute approximate surface area is 163 Å². The third-order valence-corrected chi connectivity index (χ3v) is 7.10. The van der Waals surface area contributed by atoms with E-state index in [0.29, 0.717) is 11.7 Å². The van der Waals surface area contributed by atoms with Crippen LogP contribution in [0.2, 0.25) is 0 Å². The van der Waals surface area contributed by atoms with Crippen molar-refractivity contribution in [1.29, 1.82) is 0 Å². The van der Waals surface area contributed by atoms with E-state index in [1.165, 1.54) is 32.1 Å². The first-order valence-corrected chi connectivity index (χ1v) is 10.3. The summed E-state index contributed by atoms with van der Waals surface area (Å²) in [6.07, 6.45) is 7.89. The summed E-state index contributed by atoms with van der Waals surface area (Å²) in [5, 5.41) is 14.2. The Morgan fingerprint density at radius 2 is 2.04 bits per heavy atom. The largest absolute Gasteiger partial charge is 0.336 e. The van der Waals surface area contributed by atoms with Gasteiger partial charge >= 0.3 is 0 Å². The molecular formula is C21H24N6O. The van der Waals surface area contributed by atoms with Crippen LogP contribution in [-0.2, 0) is 7.05 Å².